The fraction of sp³-hybridized carbons (Fsp3) is 0.500. The van der Waals surface area contributed by atoms with Crippen molar-refractivity contribution in [1.82, 2.24) is 0 Å². The van der Waals surface area contributed by atoms with Crippen LogP contribution in [-0.4, -0.2) is 18.7 Å². The first-order chi connectivity index (χ1) is 9.26. The van der Waals surface area contributed by atoms with Gasteiger partial charge >= 0.3 is 0 Å². The molecule has 0 aromatic heterocycles. The zero-order valence-corrected chi connectivity index (χ0v) is 14.5. The lowest BCUT2D eigenvalue weighted by atomic mass is 9.53. The van der Waals surface area contributed by atoms with E-state index in [9.17, 15) is 9.59 Å². The smallest absolute Gasteiger partial charge is 0.230 e. The van der Waals surface area contributed by atoms with Crippen LogP contribution in [0, 0.1) is 20.8 Å². The van der Waals surface area contributed by atoms with Crippen LogP contribution >= 0.6 is 22.6 Å². The van der Waals surface area contributed by atoms with Crippen LogP contribution in [0.5, 0.6) is 0 Å². The molecule has 0 heterocycles. The molecular formula is C16H20INO2. The van der Waals surface area contributed by atoms with Crippen LogP contribution in [0.25, 0.3) is 0 Å². The summed E-state index contributed by atoms with van der Waals surface area (Å²) in [5.41, 5.74) is 0.692. The summed E-state index contributed by atoms with van der Waals surface area (Å²) in [6.45, 7) is 5.67. The first kappa shape index (κ1) is 15.5. The Labute approximate surface area is 133 Å². The molecule has 0 N–H and O–H groups in total. The Hall–Kier alpha value is -0.910. The average molecular weight is 385 g/mol. The van der Waals surface area contributed by atoms with Crippen LogP contribution in [0.2, 0.25) is 0 Å². The minimum atomic E-state index is -0.239. The minimum Gasteiger partial charge on any atom is -0.314 e. The summed E-state index contributed by atoms with van der Waals surface area (Å²) >= 11 is 2.24. The number of amides is 1. The molecule has 1 aromatic carbocycles. The topological polar surface area (TPSA) is 37.4 Å². The molecule has 4 heteroatoms. The highest BCUT2D eigenvalue weighted by atomic mass is 127. The summed E-state index contributed by atoms with van der Waals surface area (Å²) in [5, 5.41) is 0. The number of nitrogens with zero attached hydrogens (tertiary/aromatic N) is 1. The highest BCUT2D eigenvalue weighted by Gasteiger charge is 2.54. The fourth-order valence-electron chi connectivity index (χ4n) is 3.11. The monoisotopic (exact) mass is 385 g/mol. The SMILES string of the molecule is CC(=O)C1CC(C(=O)N(C)c2ccccc2I)C1(C)C. The largest absolute Gasteiger partial charge is 0.314 e. The van der Waals surface area contributed by atoms with E-state index in [0.29, 0.717) is 6.42 Å². The molecule has 1 saturated carbocycles. The van der Waals surface area contributed by atoms with Gasteiger partial charge < -0.3 is 4.90 Å². The van der Waals surface area contributed by atoms with Gasteiger partial charge in [0.15, 0.2) is 0 Å². The predicted octanol–water partition coefficient (Wildman–Crippen LogP) is 3.51. The summed E-state index contributed by atoms with van der Waals surface area (Å²) in [6.07, 6.45) is 0.676. The number of hydrogen-bond acceptors (Lipinski definition) is 2. The minimum absolute atomic E-state index is 0.0136. The van der Waals surface area contributed by atoms with Crippen LogP contribution in [-0.2, 0) is 9.59 Å². The summed E-state index contributed by atoms with van der Waals surface area (Å²) in [7, 11) is 1.82. The van der Waals surface area contributed by atoms with Crippen molar-refractivity contribution in [3.05, 3.63) is 27.8 Å². The van der Waals surface area contributed by atoms with Gasteiger partial charge in [0, 0.05) is 22.5 Å². The molecule has 0 saturated heterocycles. The molecule has 0 bridgehead atoms. The number of halogens is 1. The Kier molecular flexibility index (Phi) is 4.23. The average Bonchev–Trinajstić information content (AvgIpc) is 2.36. The van der Waals surface area contributed by atoms with Crippen LogP contribution < -0.4 is 4.90 Å². The van der Waals surface area contributed by atoms with E-state index in [1.807, 2.05) is 45.2 Å². The number of anilines is 1. The third kappa shape index (κ3) is 2.50. The van der Waals surface area contributed by atoms with Crippen molar-refractivity contribution in [3.8, 4) is 0 Å². The van der Waals surface area contributed by atoms with Gasteiger partial charge in [0.05, 0.1) is 5.69 Å². The van der Waals surface area contributed by atoms with Gasteiger partial charge in [-0.25, -0.2) is 0 Å². The first-order valence-corrected chi connectivity index (χ1v) is 7.87. The molecule has 2 unspecified atom stereocenters. The number of carbonyl (C=O) groups excluding carboxylic acids is 2. The molecule has 2 atom stereocenters. The number of Topliss-reactive ketones (excluding diaryl/α,β-unsaturated/α-hetero) is 1. The number of carbonyl (C=O) groups is 2. The highest BCUT2D eigenvalue weighted by molar-refractivity contribution is 14.1. The predicted molar refractivity (Wildman–Crippen MR) is 88.6 cm³/mol. The van der Waals surface area contributed by atoms with Crippen molar-refractivity contribution < 1.29 is 9.59 Å². The van der Waals surface area contributed by atoms with Gasteiger partial charge in [-0.05, 0) is 53.5 Å². The molecule has 108 valence electrons. The standard InChI is InChI=1S/C16H20INO2/c1-10(19)11-9-12(16(11,2)3)15(20)18(4)14-8-6-5-7-13(14)17/h5-8,11-12H,9H2,1-4H3. The summed E-state index contributed by atoms with van der Waals surface area (Å²) in [4.78, 5) is 26.0. The van der Waals surface area contributed by atoms with Crippen molar-refractivity contribution in [2.45, 2.75) is 27.2 Å². The number of rotatable bonds is 3. The van der Waals surface area contributed by atoms with Crippen molar-refractivity contribution in [2.24, 2.45) is 17.3 Å². The lowest BCUT2D eigenvalue weighted by Crippen LogP contribution is -2.55. The Balaban J connectivity index is 2.18. The van der Waals surface area contributed by atoms with E-state index in [2.05, 4.69) is 22.6 Å². The van der Waals surface area contributed by atoms with E-state index in [0.717, 1.165) is 9.26 Å². The lowest BCUT2D eigenvalue weighted by molar-refractivity contribution is -0.146. The van der Waals surface area contributed by atoms with Crippen molar-refractivity contribution in [3.63, 3.8) is 0 Å². The molecule has 1 aliphatic rings. The molecule has 2 rings (SSSR count). The first-order valence-electron chi connectivity index (χ1n) is 6.79. The van der Waals surface area contributed by atoms with E-state index in [4.69, 9.17) is 0 Å². The Bertz CT molecular complexity index is 553. The zero-order chi connectivity index (χ0) is 15.1. The third-order valence-corrected chi connectivity index (χ3v) is 5.51. The number of hydrogen-bond donors (Lipinski definition) is 0. The molecule has 0 spiro atoms. The summed E-state index contributed by atoms with van der Waals surface area (Å²) in [5.74, 6) is 0.240. The van der Waals surface area contributed by atoms with Gasteiger partial charge in [-0.2, -0.15) is 0 Å². The molecule has 1 amide bonds. The van der Waals surface area contributed by atoms with Gasteiger partial charge in [-0.15, -0.1) is 0 Å². The molecule has 0 aliphatic heterocycles. The van der Waals surface area contributed by atoms with Gasteiger partial charge in [-0.3, -0.25) is 9.59 Å². The van der Waals surface area contributed by atoms with E-state index in [1.165, 1.54) is 0 Å². The normalized spacial score (nSPS) is 23.9. The Morgan fingerprint density at radius 2 is 1.85 bits per heavy atom. The maximum atomic E-state index is 12.7. The molecule has 1 aromatic rings. The van der Waals surface area contributed by atoms with Crippen molar-refractivity contribution in [2.75, 3.05) is 11.9 Å². The van der Waals surface area contributed by atoms with Crippen LogP contribution in [0.4, 0.5) is 5.69 Å². The van der Waals surface area contributed by atoms with Gasteiger partial charge in [-0.1, -0.05) is 26.0 Å². The Morgan fingerprint density at radius 1 is 1.25 bits per heavy atom. The van der Waals surface area contributed by atoms with Gasteiger partial charge in [0.25, 0.3) is 0 Å². The van der Waals surface area contributed by atoms with E-state index < -0.39 is 0 Å². The fourth-order valence-corrected chi connectivity index (χ4v) is 3.86. The van der Waals surface area contributed by atoms with Crippen LogP contribution in [0.1, 0.15) is 27.2 Å². The number of para-hydroxylation sites is 1. The van der Waals surface area contributed by atoms with E-state index >= 15 is 0 Å². The van der Waals surface area contributed by atoms with Crippen molar-refractivity contribution in [1.29, 1.82) is 0 Å². The summed E-state index contributed by atoms with van der Waals surface area (Å²) in [6, 6.07) is 7.84. The Morgan fingerprint density at radius 3 is 2.35 bits per heavy atom. The molecule has 3 nitrogen and oxygen atoms in total. The third-order valence-electron chi connectivity index (χ3n) is 4.60. The second-order valence-corrected chi connectivity index (χ2v) is 7.28. The highest BCUT2D eigenvalue weighted by Crippen LogP contribution is 2.52. The maximum absolute atomic E-state index is 12.7. The second kappa shape index (κ2) is 5.47. The van der Waals surface area contributed by atoms with E-state index in [1.54, 1.807) is 11.8 Å². The molecule has 0 radical (unpaired) electrons. The molecular weight excluding hydrogens is 365 g/mol. The van der Waals surface area contributed by atoms with Crippen LogP contribution in [0.15, 0.2) is 24.3 Å². The maximum Gasteiger partial charge on any atom is 0.230 e. The van der Waals surface area contributed by atoms with E-state index in [-0.39, 0.29) is 28.9 Å². The van der Waals surface area contributed by atoms with Crippen LogP contribution in [0.3, 0.4) is 0 Å². The molecule has 1 fully saturated rings. The second-order valence-electron chi connectivity index (χ2n) is 6.12. The molecule has 1 aliphatic carbocycles. The van der Waals surface area contributed by atoms with Crippen molar-refractivity contribution >= 4 is 40.0 Å². The lowest BCUT2D eigenvalue weighted by Gasteiger charge is -2.50. The number of ketones is 1. The van der Waals surface area contributed by atoms with Gasteiger partial charge in [0.1, 0.15) is 5.78 Å². The molecule has 20 heavy (non-hydrogen) atoms. The number of benzene rings is 1. The quantitative estimate of drug-likeness (QED) is 0.747. The summed E-state index contributed by atoms with van der Waals surface area (Å²) < 4.78 is 1.06. The zero-order valence-electron chi connectivity index (χ0n) is 12.3. The van der Waals surface area contributed by atoms with Gasteiger partial charge in [0.2, 0.25) is 5.91 Å².